The third-order valence-corrected chi connectivity index (χ3v) is 4.03. The molecule has 0 bridgehead atoms. The average Bonchev–Trinajstić information content (AvgIpc) is 2.57. The second-order valence-electron chi connectivity index (χ2n) is 6.63. The summed E-state index contributed by atoms with van der Waals surface area (Å²) in [6.07, 6.45) is 1.13. The highest BCUT2D eigenvalue weighted by Gasteiger charge is 2.39. The SMILES string of the molecule is Cc1ccc(-c2ccc([N+](=O)[O-])c(C=C3C(=O)OC(C)(C)OC3=O)c2)cc1. The van der Waals surface area contributed by atoms with Crippen LogP contribution in [0.4, 0.5) is 5.69 Å². The van der Waals surface area contributed by atoms with Crippen molar-refractivity contribution in [1.82, 2.24) is 0 Å². The topological polar surface area (TPSA) is 95.7 Å². The molecular weight excluding hydrogens is 350 g/mol. The lowest BCUT2D eigenvalue weighted by Gasteiger charge is -2.29. The largest absolute Gasteiger partial charge is 0.419 e. The molecule has 1 saturated heterocycles. The zero-order valence-corrected chi connectivity index (χ0v) is 15.0. The minimum Gasteiger partial charge on any atom is -0.419 e. The molecule has 0 amide bonds. The smallest absolute Gasteiger partial charge is 0.348 e. The van der Waals surface area contributed by atoms with E-state index in [2.05, 4.69) is 0 Å². The first-order valence-corrected chi connectivity index (χ1v) is 8.20. The van der Waals surface area contributed by atoms with Gasteiger partial charge in [0.2, 0.25) is 0 Å². The highest BCUT2D eigenvalue weighted by Crippen LogP contribution is 2.31. The number of hydrogen-bond acceptors (Lipinski definition) is 6. The third-order valence-electron chi connectivity index (χ3n) is 4.03. The van der Waals surface area contributed by atoms with Gasteiger partial charge in [-0.05, 0) is 36.3 Å². The first-order valence-electron chi connectivity index (χ1n) is 8.20. The van der Waals surface area contributed by atoms with Crippen molar-refractivity contribution < 1.29 is 24.0 Å². The van der Waals surface area contributed by atoms with Crippen molar-refractivity contribution in [2.75, 3.05) is 0 Å². The van der Waals surface area contributed by atoms with Gasteiger partial charge in [-0.25, -0.2) is 9.59 Å². The fraction of sp³-hybridized carbons (Fsp3) is 0.200. The first kappa shape index (κ1) is 18.3. The Morgan fingerprint density at radius 1 is 0.963 bits per heavy atom. The van der Waals surface area contributed by atoms with Crippen molar-refractivity contribution >= 4 is 23.7 Å². The van der Waals surface area contributed by atoms with Gasteiger partial charge in [0.25, 0.3) is 11.5 Å². The van der Waals surface area contributed by atoms with E-state index in [1.807, 2.05) is 31.2 Å². The quantitative estimate of drug-likeness (QED) is 0.269. The minimum atomic E-state index is -1.37. The fourth-order valence-corrected chi connectivity index (χ4v) is 2.70. The van der Waals surface area contributed by atoms with Crippen LogP contribution in [0.3, 0.4) is 0 Å². The van der Waals surface area contributed by atoms with Crippen LogP contribution >= 0.6 is 0 Å². The van der Waals surface area contributed by atoms with E-state index < -0.39 is 28.2 Å². The molecule has 1 fully saturated rings. The predicted octanol–water partition coefficient (Wildman–Crippen LogP) is 3.79. The number of nitro benzene ring substituents is 1. The Morgan fingerprint density at radius 2 is 1.52 bits per heavy atom. The monoisotopic (exact) mass is 367 g/mol. The number of nitro groups is 1. The van der Waals surface area contributed by atoms with Gasteiger partial charge in [0, 0.05) is 19.9 Å². The second-order valence-corrected chi connectivity index (χ2v) is 6.63. The lowest BCUT2D eigenvalue weighted by atomic mass is 9.99. The van der Waals surface area contributed by atoms with Gasteiger partial charge in [0.1, 0.15) is 5.57 Å². The maximum Gasteiger partial charge on any atom is 0.348 e. The molecule has 0 spiro atoms. The highest BCUT2D eigenvalue weighted by molar-refractivity contribution is 6.19. The summed E-state index contributed by atoms with van der Waals surface area (Å²) in [5.74, 6) is -3.14. The second kappa shape index (κ2) is 6.68. The molecule has 27 heavy (non-hydrogen) atoms. The maximum absolute atomic E-state index is 12.1. The summed E-state index contributed by atoms with van der Waals surface area (Å²) in [5.41, 5.74) is 2.14. The van der Waals surface area contributed by atoms with Crippen LogP contribution in [0.15, 0.2) is 48.0 Å². The number of benzene rings is 2. The zero-order chi connectivity index (χ0) is 19.8. The number of carbonyl (C=O) groups excluding carboxylic acids is 2. The van der Waals surface area contributed by atoms with E-state index in [0.29, 0.717) is 5.56 Å². The molecule has 1 heterocycles. The minimum absolute atomic E-state index is 0.113. The van der Waals surface area contributed by atoms with E-state index in [1.54, 1.807) is 12.1 Å². The van der Waals surface area contributed by atoms with Crippen molar-refractivity contribution in [2.45, 2.75) is 26.6 Å². The number of esters is 2. The van der Waals surface area contributed by atoms with Crippen LogP contribution in [-0.4, -0.2) is 22.6 Å². The predicted molar refractivity (Wildman–Crippen MR) is 97.5 cm³/mol. The lowest BCUT2D eigenvalue weighted by Crippen LogP contribution is -2.41. The van der Waals surface area contributed by atoms with Crippen LogP contribution in [0.1, 0.15) is 25.0 Å². The summed E-state index contributed by atoms with van der Waals surface area (Å²) in [6.45, 7) is 4.82. The number of rotatable bonds is 3. The average molecular weight is 367 g/mol. The third kappa shape index (κ3) is 3.87. The van der Waals surface area contributed by atoms with Gasteiger partial charge in [-0.3, -0.25) is 10.1 Å². The van der Waals surface area contributed by atoms with E-state index in [0.717, 1.165) is 17.2 Å². The molecule has 138 valence electrons. The molecule has 0 aliphatic carbocycles. The molecule has 0 aromatic heterocycles. The van der Waals surface area contributed by atoms with Crippen molar-refractivity contribution in [3.05, 3.63) is 69.3 Å². The Morgan fingerprint density at radius 3 is 2.07 bits per heavy atom. The molecular formula is C20H17NO6. The number of hydrogen-bond donors (Lipinski definition) is 0. The summed E-state index contributed by atoms with van der Waals surface area (Å²) in [4.78, 5) is 35.1. The standard InChI is InChI=1S/C20H17NO6/c1-12-4-6-13(7-5-12)14-8-9-17(21(24)25)15(10-14)11-16-18(22)26-20(2,3)27-19(16)23/h4-11H,1-3H3. The number of cyclic esters (lactones) is 2. The molecule has 7 heteroatoms. The number of aryl methyl sites for hydroxylation is 1. The van der Waals surface area contributed by atoms with Gasteiger partial charge >= 0.3 is 11.9 Å². The molecule has 1 aliphatic heterocycles. The summed E-state index contributed by atoms with van der Waals surface area (Å²) >= 11 is 0. The van der Waals surface area contributed by atoms with Gasteiger partial charge in [-0.1, -0.05) is 29.8 Å². The summed E-state index contributed by atoms with van der Waals surface area (Å²) in [5, 5.41) is 11.4. The Labute approximate surface area is 155 Å². The lowest BCUT2D eigenvalue weighted by molar-refractivity contribution is -0.385. The highest BCUT2D eigenvalue weighted by atomic mass is 16.7. The number of ether oxygens (including phenoxy) is 2. The van der Waals surface area contributed by atoms with Crippen molar-refractivity contribution in [2.24, 2.45) is 0 Å². The normalized spacial score (nSPS) is 15.7. The Kier molecular flexibility index (Phi) is 4.53. The van der Waals surface area contributed by atoms with Crippen LogP contribution in [0.5, 0.6) is 0 Å². The Bertz CT molecular complexity index is 950. The molecule has 0 N–H and O–H groups in total. The molecule has 0 unspecified atom stereocenters. The van der Waals surface area contributed by atoms with Crippen molar-refractivity contribution in [1.29, 1.82) is 0 Å². The Balaban J connectivity index is 2.09. The van der Waals surface area contributed by atoms with Crippen molar-refractivity contribution in [3.63, 3.8) is 0 Å². The first-order chi connectivity index (χ1) is 12.7. The van der Waals surface area contributed by atoms with Crippen LogP contribution in [0.25, 0.3) is 17.2 Å². The van der Waals surface area contributed by atoms with Gasteiger partial charge in [0.05, 0.1) is 10.5 Å². The van der Waals surface area contributed by atoms with E-state index in [4.69, 9.17) is 9.47 Å². The van der Waals surface area contributed by atoms with Gasteiger partial charge in [0.15, 0.2) is 0 Å². The van der Waals surface area contributed by atoms with Crippen LogP contribution < -0.4 is 0 Å². The van der Waals surface area contributed by atoms with E-state index in [1.165, 1.54) is 19.9 Å². The van der Waals surface area contributed by atoms with E-state index >= 15 is 0 Å². The number of nitrogens with zero attached hydrogens (tertiary/aromatic N) is 1. The van der Waals surface area contributed by atoms with Crippen LogP contribution in [0.2, 0.25) is 0 Å². The van der Waals surface area contributed by atoms with Gasteiger partial charge in [-0.15, -0.1) is 0 Å². The van der Waals surface area contributed by atoms with E-state index in [9.17, 15) is 19.7 Å². The van der Waals surface area contributed by atoms with Crippen molar-refractivity contribution in [3.8, 4) is 11.1 Å². The van der Waals surface area contributed by atoms with Gasteiger partial charge in [-0.2, -0.15) is 0 Å². The fourth-order valence-electron chi connectivity index (χ4n) is 2.70. The molecule has 7 nitrogen and oxygen atoms in total. The molecule has 3 rings (SSSR count). The molecule has 1 aliphatic rings. The molecule has 2 aromatic rings. The molecule has 0 atom stereocenters. The number of carbonyl (C=O) groups is 2. The van der Waals surface area contributed by atoms with Crippen LogP contribution in [-0.2, 0) is 19.1 Å². The molecule has 2 aromatic carbocycles. The van der Waals surface area contributed by atoms with Gasteiger partial charge < -0.3 is 9.47 Å². The summed E-state index contributed by atoms with van der Waals surface area (Å²) in [7, 11) is 0. The zero-order valence-electron chi connectivity index (χ0n) is 15.0. The summed E-state index contributed by atoms with van der Waals surface area (Å²) < 4.78 is 10.1. The maximum atomic E-state index is 12.1. The van der Waals surface area contributed by atoms with E-state index in [-0.39, 0.29) is 11.3 Å². The molecule has 0 radical (unpaired) electrons. The Hall–Kier alpha value is -3.48. The molecule has 0 saturated carbocycles. The van der Waals surface area contributed by atoms with Crippen LogP contribution in [0, 0.1) is 17.0 Å². The summed E-state index contributed by atoms with van der Waals surface area (Å²) in [6, 6.07) is 12.1.